The first kappa shape index (κ1) is 17.2. The summed E-state index contributed by atoms with van der Waals surface area (Å²) in [6.07, 6.45) is 1.19. The minimum absolute atomic E-state index is 0.0801. The molecule has 2 aromatic heterocycles. The summed E-state index contributed by atoms with van der Waals surface area (Å²) in [6.45, 7) is 0. The van der Waals surface area contributed by atoms with Gasteiger partial charge >= 0.3 is 0 Å². The van der Waals surface area contributed by atoms with Crippen molar-refractivity contribution in [3.05, 3.63) is 64.6 Å². The van der Waals surface area contributed by atoms with Crippen LogP contribution in [0, 0.1) is 0 Å². The van der Waals surface area contributed by atoms with Gasteiger partial charge in [0.15, 0.2) is 28.7 Å². The number of rotatable bonds is 4. The predicted octanol–water partition coefficient (Wildman–Crippen LogP) is 1.83. The number of hydrogen-bond donors (Lipinski definition) is 2. The lowest BCUT2D eigenvalue weighted by Crippen LogP contribution is -2.05. The molecule has 0 saturated carbocycles. The van der Waals surface area contributed by atoms with E-state index in [1.165, 1.54) is 6.07 Å². The molecule has 0 unspecified atom stereocenters. The minimum Gasteiger partial charge on any atom is -0.507 e. The van der Waals surface area contributed by atoms with Gasteiger partial charge in [0.2, 0.25) is 5.78 Å². The molecule has 0 radical (unpaired) electrons. The van der Waals surface area contributed by atoms with Crippen LogP contribution in [0.2, 0.25) is 0 Å². The van der Waals surface area contributed by atoms with Crippen LogP contribution in [-0.2, 0) is 4.79 Å². The van der Waals surface area contributed by atoms with Crippen LogP contribution in [0.3, 0.4) is 0 Å². The molecule has 0 atom stereocenters. The Hall–Kier alpha value is -4.27. The quantitative estimate of drug-likeness (QED) is 0.312. The molecular weight excluding hydrogens is 366 g/mol. The van der Waals surface area contributed by atoms with Crippen molar-refractivity contribution in [3.63, 3.8) is 0 Å². The summed E-state index contributed by atoms with van der Waals surface area (Å²) in [4.78, 5) is 34.7. The lowest BCUT2D eigenvalue weighted by molar-refractivity contribution is -0.104. The molecule has 4 aromatic rings. The first-order chi connectivity index (χ1) is 13.5. The molecular formula is C19H11N3O6. The smallest absolute Gasteiger partial charge is 0.247 e. The van der Waals surface area contributed by atoms with E-state index in [0.717, 1.165) is 16.9 Å². The number of aldehydes is 1. The molecule has 0 aliphatic rings. The zero-order valence-electron chi connectivity index (χ0n) is 14.1. The van der Waals surface area contributed by atoms with Gasteiger partial charge in [-0.05, 0) is 0 Å². The number of hydrogen-bond acceptors (Lipinski definition) is 8. The first-order valence-electron chi connectivity index (χ1n) is 8.00. The monoisotopic (exact) mass is 377 g/mol. The molecule has 4 rings (SSSR count). The number of aromatic nitrogens is 3. The Bertz CT molecular complexity index is 1290. The van der Waals surface area contributed by atoms with Crippen molar-refractivity contribution in [1.82, 2.24) is 15.0 Å². The summed E-state index contributed by atoms with van der Waals surface area (Å²) >= 11 is 0. The van der Waals surface area contributed by atoms with Crippen LogP contribution in [0.4, 0.5) is 0 Å². The number of nitrogens with zero attached hydrogens (tertiary/aromatic N) is 3. The van der Waals surface area contributed by atoms with E-state index >= 15 is 0 Å². The van der Waals surface area contributed by atoms with Crippen molar-refractivity contribution in [2.45, 2.75) is 0 Å². The second-order valence-corrected chi connectivity index (χ2v) is 5.84. The summed E-state index contributed by atoms with van der Waals surface area (Å²) in [5.74, 6) is -1.64. The van der Waals surface area contributed by atoms with E-state index in [4.69, 9.17) is 4.42 Å². The zero-order chi connectivity index (χ0) is 19.8. The molecule has 2 aromatic carbocycles. The van der Waals surface area contributed by atoms with Gasteiger partial charge in [0.05, 0.1) is 6.20 Å². The van der Waals surface area contributed by atoms with Crippen molar-refractivity contribution >= 4 is 23.0 Å². The summed E-state index contributed by atoms with van der Waals surface area (Å²) in [6, 6.07) is 10.9. The van der Waals surface area contributed by atoms with E-state index in [1.54, 1.807) is 30.3 Å². The van der Waals surface area contributed by atoms with Gasteiger partial charge in [0.25, 0.3) is 0 Å². The van der Waals surface area contributed by atoms with Crippen LogP contribution in [-0.4, -0.2) is 37.3 Å². The zero-order valence-corrected chi connectivity index (χ0v) is 14.1. The highest BCUT2D eigenvalue weighted by Gasteiger charge is 2.21. The molecule has 9 nitrogen and oxygen atoms in total. The van der Waals surface area contributed by atoms with Crippen LogP contribution in [0.15, 0.2) is 57.9 Å². The Labute approximate surface area is 156 Å². The molecule has 0 amide bonds. The summed E-state index contributed by atoms with van der Waals surface area (Å²) in [5.41, 5.74) is -0.454. The highest BCUT2D eigenvalue weighted by atomic mass is 16.3. The largest absolute Gasteiger partial charge is 0.507 e. The van der Waals surface area contributed by atoms with Gasteiger partial charge in [0, 0.05) is 17.7 Å². The van der Waals surface area contributed by atoms with E-state index < -0.39 is 22.7 Å². The van der Waals surface area contributed by atoms with Crippen LogP contribution in [0.25, 0.3) is 28.0 Å². The third kappa shape index (κ3) is 2.71. The maximum atomic E-state index is 12.6. The van der Waals surface area contributed by atoms with Gasteiger partial charge < -0.3 is 14.6 Å². The Morgan fingerprint density at radius 2 is 1.86 bits per heavy atom. The van der Waals surface area contributed by atoms with Crippen molar-refractivity contribution < 1.29 is 24.2 Å². The van der Waals surface area contributed by atoms with Gasteiger partial charge in [-0.3, -0.25) is 14.4 Å². The molecule has 0 bridgehead atoms. The van der Waals surface area contributed by atoms with Crippen molar-refractivity contribution in [3.8, 4) is 28.5 Å². The summed E-state index contributed by atoms with van der Waals surface area (Å²) in [7, 11) is 0. The lowest BCUT2D eigenvalue weighted by atomic mass is 10.1. The van der Waals surface area contributed by atoms with Crippen molar-refractivity contribution in [2.75, 3.05) is 0 Å². The van der Waals surface area contributed by atoms with Crippen LogP contribution < -0.4 is 5.43 Å². The molecule has 0 saturated heterocycles. The predicted molar refractivity (Wildman–Crippen MR) is 96.6 cm³/mol. The van der Waals surface area contributed by atoms with Crippen molar-refractivity contribution in [2.24, 2.45) is 0 Å². The van der Waals surface area contributed by atoms with E-state index in [9.17, 15) is 24.6 Å². The number of benzene rings is 2. The van der Waals surface area contributed by atoms with Gasteiger partial charge in [-0.15, -0.1) is 5.10 Å². The lowest BCUT2D eigenvalue weighted by Gasteiger charge is -2.10. The van der Waals surface area contributed by atoms with Gasteiger partial charge in [-0.2, -0.15) is 0 Å². The highest BCUT2D eigenvalue weighted by Crippen LogP contribution is 2.37. The van der Waals surface area contributed by atoms with Gasteiger partial charge in [-0.1, -0.05) is 35.5 Å². The van der Waals surface area contributed by atoms with E-state index in [2.05, 4.69) is 10.3 Å². The number of Topliss-reactive ketones (excluding diaryl/α,β-unsaturated/α-hetero) is 1. The minimum atomic E-state index is -0.903. The topological polar surface area (TPSA) is 136 Å². The number of phenolic OH excluding ortho intramolecular Hbond substituents is 2. The number of aromatic hydroxyl groups is 2. The summed E-state index contributed by atoms with van der Waals surface area (Å²) in [5, 5.41) is 27.6. The van der Waals surface area contributed by atoms with E-state index in [1.807, 2.05) is 0 Å². The van der Waals surface area contributed by atoms with E-state index in [0.29, 0.717) is 5.56 Å². The first-order valence-corrected chi connectivity index (χ1v) is 8.00. The van der Waals surface area contributed by atoms with E-state index in [-0.39, 0.29) is 34.4 Å². The molecule has 2 N–H and O–H groups in total. The maximum absolute atomic E-state index is 12.6. The average molecular weight is 377 g/mol. The van der Waals surface area contributed by atoms with Crippen LogP contribution >= 0.6 is 0 Å². The van der Waals surface area contributed by atoms with Crippen LogP contribution in [0.5, 0.6) is 11.5 Å². The third-order valence-electron chi connectivity index (χ3n) is 4.08. The third-order valence-corrected chi connectivity index (χ3v) is 4.08. The number of phenols is 2. The fraction of sp³-hybridized carbons (Fsp3) is 0. The Kier molecular flexibility index (Phi) is 3.96. The Balaban J connectivity index is 2.04. The second kappa shape index (κ2) is 6.47. The standard InChI is InChI=1S/C19H11N3O6/c23-9-15(27)11-8-22(21-20-11)18-14(26)6-12(24)17-13(25)7-16(28-19(17)18)10-4-2-1-3-5-10/h1-9,24,26H. The molecule has 0 aliphatic carbocycles. The number of ketones is 1. The molecule has 0 fully saturated rings. The fourth-order valence-corrected chi connectivity index (χ4v) is 2.80. The molecule has 2 heterocycles. The number of carbonyl (C=O) groups excluding carboxylic acids is 2. The highest BCUT2D eigenvalue weighted by molar-refractivity contribution is 6.32. The molecule has 138 valence electrons. The van der Waals surface area contributed by atoms with Crippen molar-refractivity contribution in [1.29, 1.82) is 0 Å². The SMILES string of the molecule is O=CC(=O)c1cn(-c2c(O)cc(O)c3c(=O)cc(-c4ccccc4)oc23)nn1. The van der Waals surface area contributed by atoms with Crippen LogP contribution in [0.1, 0.15) is 10.5 Å². The average Bonchev–Trinajstić information content (AvgIpc) is 3.17. The normalized spacial score (nSPS) is 10.9. The van der Waals surface area contributed by atoms with Gasteiger partial charge in [-0.25, -0.2) is 4.68 Å². The fourth-order valence-electron chi connectivity index (χ4n) is 2.80. The molecule has 0 spiro atoms. The maximum Gasteiger partial charge on any atom is 0.247 e. The summed E-state index contributed by atoms with van der Waals surface area (Å²) < 4.78 is 6.80. The second-order valence-electron chi connectivity index (χ2n) is 5.84. The molecule has 9 heteroatoms. The van der Waals surface area contributed by atoms with Gasteiger partial charge in [0.1, 0.15) is 22.6 Å². The number of fused-ring (bicyclic) bond motifs is 1. The molecule has 0 aliphatic heterocycles. The number of carbonyl (C=O) groups is 2. The Morgan fingerprint density at radius 1 is 1.11 bits per heavy atom. The molecule has 28 heavy (non-hydrogen) atoms. The Morgan fingerprint density at radius 3 is 2.57 bits per heavy atom.